The average Bonchev–Trinajstić information content (AvgIpc) is 3.22. The normalized spacial score (nSPS) is 10.5. The first-order valence-electron chi connectivity index (χ1n) is 6.71. The molecule has 0 saturated heterocycles. The molecule has 7 heteroatoms. The molecule has 0 saturated carbocycles. The predicted octanol–water partition coefficient (Wildman–Crippen LogP) is 4.76. The smallest absolute Gasteiger partial charge is 0.344 e. The van der Waals surface area contributed by atoms with Gasteiger partial charge in [-0.05, 0) is 29.6 Å². The second kappa shape index (κ2) is 7.72. The lowest BCUT2D eigenvalue weighted by molar-refractivity contribution is -0.147. The number of thiazole rings is 1. The van der Waals surface area contributed by atoms with Crippen LogP contribution in [0.15, 0.2) is 50.9 Å². The number of thiophene rings is 1. The van der Waals surface area contributed by atoms with Crippen molar-refractivity contribution in [1.82, 2.24) is 4.98 Å². The van der Waals surface area contributed by atoms with Crippen LogP contribution in [0.25, 0.3) is 10.6 Å². The molecule has 0 aliphatic rings. The molecule has 0 radical (unpaired) electrons. The van der Waals surface area contributed by atoms with Crippen LogP contribution in [0.5, 0.6) is 5.75 Å². The Bertz CT molecular complexity index is 786. The van der Waals surface area contributed by atoms with Crippen molar-refractivity contribution in [3.8, 4) is 16.3 Å². The fourth-order valence-electron chi connectivity index (χ4n) is 1.79. The second-order valence-electron chi connectivity index (χ2n) is 4.56. The zero-order chi connectivity index (χ0) is 16.1. The molecule has 0 aliphatic heterocycles. The minimum atomic E-state index is -0.421. The van der Waals surface area contributed by atoms with E-state index in [9.17, 15) is 4.79 Å². The summed E-state index contributed by atoms with van der Waals surface area (Å²) in [5, 5.41) is 6.88. The van der Waals surface area contributed by atoms with E-state index in [1.165, 1.54) is 11.3 Å². The molecule has 0 bridgehead atoms. The molecule has 3 rings (SSSR count). The highest BCUT2D eigenvalue weighted by Gasteiger charge is 2.09. The Morgan fingerprint density at radius 3 is 2.96 bits per heavy atom. The zero-order valence-corrected chi connectivity index (χ0v) is 15.1. The van der Waals surface area contributed by atoms with Crippen molar-refractivity contribution in [2.45, 2.75) is 6.61 Å². The summed E-state index contributed by atoms with van der Waals surface area (Å²) in [6, 6.07) is 9.32. The maximum atomic E-state index is 11.7. The topological polar surface area (TPSA) is 48.4 Å². The van der Waals surface area contributed by atoms with Crippen molar-refractivity contribution in [1.29, 1.82) is 0 Å². The summed E-state index contributed by atoms with van der Waals surface area (Å²) < 4.78 is 11.5. The van der Waals surface area contributed by atoms with Crippen LogP contribution in [0.3, 0.4) is 0 Å². The van der Waals surface area contributed by atoms with E-state index in [0.29, 0.717) is 5.75 Å². The third kappa shape index (κ3) is 4.63. The van der Waals surface area contributed by atoms with Gasteiger partial charge < -0.3 is 9.47 Å². The Morgan fingerprint density at radius 1 is 1.26 bits per heavy atom. The monoisotopic (exact) mass is 409 g/mol. The molecule has 0 aliphatic carbocycles. The summed E-state index contributed by atoms with van der Waals surface area (Å²) in [7, 11) is 0. The summed E-state index contributed by atoms with van der Waals surface area (Å²) in [4.78, 5) is 16.2. The SMILES string of the molecule is O=C(COc1cccc(Br)c1)OCc1csc(-c2ccsc2)n1. The highest BCUT2D eigenvalue weighted by atomic mass is 79.9. The molecule has 2 aromatic heterocycles. The first kappa shape index (κ1) is 16.2. The van der Waals surface area contributed by atoms with E-state index in [1.54, 1.807) is 23.5 Å². The second-order valence-corrected chi connectivity index (χ2v) is 7.12. The number of ether oxygens (including phenoxy) is 2. The van der Waals surface area contributed by atoms with Gasteiger partial charge in [0.15, 0.2) is 6.61 Å². The van der Waals surface area contributed by atoms with Gasteiger partial charge >= 0.3 is 5.97 Å². The molecule has 118 valence electrons. The van der Waals surface area contributed by atoms with Gasteiger partial charge in [0.25, 0.3) is 0 Å². The fraction of sp³-hybridized carbons (Fsp3) is 0.125. The number of esters is 1. The van der Waals surface area contributed by atoms with E-state index in [1.807, 2.05) is 34.3 Å². The Labute approximate surface area is 149 Å². The molecule has 0 amide bonds. The van der Waals surface area contributed by atoms with E-state index in [-0.39, 0.29) is 13.2 Å². The molecule has 0 spiro atoms. The minimum absolute atomic E-state index is 0.127. The van der Waals surface area contributed by atoms with Crippen LogP contribution < -0.4 is 4.74 Å². The molecular formula is C16H12BrNO3S2. The van der Waals surface area contributed by atoms with Crippen molar-refractivity contribution < 1.29 is 14.3 Å². The van der Waals surface area contributed by atoms with Gasteiger partial charge in [0.2, 0.25) is 0 Å². The maximum absolute atomic E-state index is 11.7. The standard InChI is InChI=1S/C16H12BrNO3S2/c17-12-2-1-3-14(6-12)20-8-15(19)21-7-13-10-23-16(18-13)11-4-5-22-9-11/h1-6,9-10H,7-8H2. The van der Waals surface area contributed by atoms with Crippen molar-refractivity contribution in [3.05, 3.63) is 56.6 Å². The molecule has 0 fully saturated rings. The number of carbonyl (C=O) groups excluding carboxylic acids is 1. The molecule has 0 N–H and O–H groups in total. The summed E-state index contributed by atoms with van der Waals surface area (Å²) in [6.07, 6.45) is 0. The third-order valence-electron chi connectivity index (χ3n) is 2.85. The number of carbonyl (C=O) groups is 1. The maximum Gasteiger partial charge on any atom is 0.344 e. The largest absolute Gasteiger partial charge is 0.482 e. The molecular weight excluding hydrogens is 398 g/mol. The van der Waals surface area contributed by atoms with E-state index in [0.717, 1.165) is 20.7 Å². The third-order valence-corrected chi connectivity index (χ3v) is 4.97. The van der Waals surface area contributed by atoms with E-state index >= 15 is 0 Å². The number of benzene rings is 1. The number of nitrogens with zero attached hydrogens (tertiary/aromatic N) is 1. The highest BCUT2D eigenvalue weighted by Crippen LogP contribution is 2.25. The predicted molar refractivity (Wildman–Crippen MR) is 94.9 cm³/mol. The van der Waals surface area contributed by atoms with Crippen LogP contribution in [-0.2, 0) is 16.1 Å². The van der Waals surface area contributed by atoms with Crippen molar-refractivity contribution in [3.63, 3.8) is 0 Å². The molecule has 3 aromatic rings. The van der Waals surface area contributed by atoms with Crippen molar-refractivity contribution in [2.75, 3.05) is 6.61 Å². The van der Waals surface area contributed by atoms with Gasteiger partial charge in [-0.1, -0.05) is 22.0 Å². The Hall–Kier alpha value is -1.70. The van der Waals surface area contributed by atoms with Crippen LogP contribution in [0.4, 0.5) is 0 Å². The van der Waals surface area contributed by atoms with Gasteiger partial charge in [-0.3, -0.25) is 0 Å². The van der Waals surface area contributed by atoms with E-state index < -0.39 is 5.97 Å². The lowest BCUT2D eigenvalue weighted by atomic mass is 10.3. The van der Waals surface area contributed by atoms with Crippen molar-refractivity contribution >= 4 is 44.6 Å². The van der Waals surface area contributed by atoms with Crippen LogP contribution in [-0.4, -0.2) is 17.6 Å². The fourth-order valence-corrected chi connectivity index (χ4v) is 3.68. The van der Waals surface area contributed by atoms with Gasteiger partial charge in [-0.2, -0.15) is 11.3 Å². The quantitative estimate of drug-likeness (QED) is 0.550. The van der Waals surface area contributed by atoms with Gasteiger partial charge in [0.05, 0.1) is 5.69 Å². The summed E-state index contributed by atoms with van der Waals surface area (Å²) >= 11 is 6.51. The summed E-state index contributed by atoms with van der Waals surface area (Å²) in [5.41, 5.74) is 1.84. The van der Waals surface area contributed by atoms with E-state index in [2.05, 4.69) is 20.9 Å². The highest BCUT2D eigenvalue weighted by molar-refractivity contribution is 9.10. The van der Waals surface area contributed by atoms with Crippen LogP contribution >= 0.6 is 38.6 Å². The molecule has 4 nitrogen and oxygen atoms in total. The zero-order valence-electron chi connectivity index (χ0n) is 11.9. The minimum Gasteiger partial charge on any atom is -0.482 e. The first-order chi connectivity index (χ1) is 11.2. The first-order valence-corrected chi connectivity index (χ1v) is 9.33. The number of halogens is 1. The molecule has 0 atom stereocenters. The van der Waals surface area contributed by atoms with Gasteiger partial charge in [-0.25, -0.2) is 9.78 Å². The van der Waals surface area contributed by atoms with Crippen molar-refractivity contribution in [2.24, 2.45) is 0 Å². The van der Waals surface area contributed by atoms with Crippen LogP contribution in [0.2, 0.25) is 0 Å². The molecule has 2 heterocycles. The number of rotatable bonds is 6. The molecule has 0 unspecified atom stereocenters. The average molecular weight is 410 g/mol. The van der Waals surface area contributed by atoms with Gasteiger partial charge in [0, 0.05) is 20.8 Å². The lowest BCUT2D eigenvalue weighted by Crippen LogP contribution is -2.14. The Kier molecular flexibility index (Phi) is 5.43. The van der Waals surface area contributed by atoms with Crippen LogP contribution in [0.1, 0.15) is 5.69 Å². The van der Waals surface area contributed by atoms with Crippen LogP contribution in [0, 0.1) is 0 Å². The van der Waals surface area contributed by atoms with Gasteiger partial charge in [-0.15, -0.1) is 11.3 Å². The Morgan fingerprint density at radius 2 is 2.17 bits per heavy atom. The number of aromatic nitrogens is 1. The molecule has 1 aromatic carbocycles. The lowest BCUT2D eigenvalue weighted by Gasteiger charge is -2.06. The number of hydrogen-bond donors (Lipinski definition) is 0. The molecule has 23 heavy (non-hydrogen) atoms. The van der Waals surface area contributed by atoms with E-state index in [4.69, 9.17) is 9.47 Å². The summed E-state index contributed by atoms with van der Waals surface area (Å²) in [5.74, 6) is 0.194. The summed E-state index contributed by atoms with van der Waals surface area (Å²) in [6.45, 7) is 0.0271. The Balaban J connectivity index is 1.47. The van der Waals surface area contributed by atoms with Gasteiger partial charge in [0.1, 0.15) is 17.4 Å². The number of hydrogen-bond acceptors (Lipinski definition) is 6.